The maximum absolute atomic E-state index is 13.1. The minimum atomic E-state index is -5.32. The first-order valence-electron chi connectivity index (χ1n) is 9.03. The minimum absolute atomic E-state index is 0.124. The molecule has 8 heteroatoms. The number of carbonyl (C=O) groups excluding carboxylic acids is 1. The Hall–Kier alpha value is -1.73. The van der Waals surface area contributed by atoms with Gasteiger partial charge in [0.2, 0.25) is 0 Å². The maximum Gasteiger partial charge on any atom is 0.417 e. The van der Waals surface area contributed by atoms with Crippen LogP contribution in [-0.2, 0) is 17.1 Å². The zero-order valence-corrected chi connectivity index (χ0v) is 15.2. The number of benzene rings is 1. The van der Waals surface area contributed by atoms with Crippen molar-refractivity contribution in [3.8, 4) is 0 Å². The Morgan fingerprint density at radius 2 is 1.41 bits per heavy atom. The molecular formula is C19H24F6O2. The highest BCUT2D eigenvalue weighted by atomic mass is 19.4. The molecule has 27 heavy (non-hydrogen) atoms. The summed E-state index contributed by atoms with van der Waals surface area (Å²) in [7, 11) is 0. The van der Waals surface area contributed by atoms with Crippen LogP contribution in [0.4, 0.5) is 26.3 Å². The van der Waals surface area contributed by atoms with Crippen molar-refractivity contribution in [2.75, 3.05) is 6.61 Å². The molecule has 1 aromatic rings. The van der Waals surface area contributed by atoms with Gasteiger partial charge in [0.15, 0.2) is 0 Å². The third kappa shape index (κ3) is 7.81. The van der Waals surface area contributed by atoms with Crippen LogP contribution in [0.1, 0.15) is 79.8 Å². The number of halogens is 6. The van der Waals surface area contributed by atoms with E-state index in [1.54, 1.807) is 0 Å². The molecule has 0 aromatic heterocycles. The summed E-state index contributed by atoms with van der Waals surface area (Å²) >= 11 is 0. The highest BCUT2D eigenvalue weighted by Crippen LogP contribution is 2.42. The predicted octanol–water partition coefficient (Wildman–Crippen LogP) is 7.02. The molecule has 0 unspecified atom stereocenters. The molecular weight excluding hydrogens is 374 g/mol. The number of esters is 1. The molecule has 2 nitrogen and oxygen atoms in total. The normalized spacial score (nSPS) is 12.3. The van der Waals surface area contributed by atoms with Crippen molar-refractivity contribution in [3.63, 3.8) is 0 Å². The summed E-state index contributed by atoms with van der Waals surface area (Å²) < 4.78 is 82.7. The van der Waals surface area contributed by atoms with Crippen molar-refractivity contribution < 1.29 is 35.9 Å². The molecule has 0 aliphatic rings. The zero-order chi connectivity index (χ0) is 20.5. The average molecular weight is 398 g/mol. The van der Waals surface area contributed by atoms with Crippen LogP contribution in [0.15, 0.2) is 18.2 Å². The van der Waals surface area contributed by atoms with Crippen LogP contribution in [0.2, 0.25) is 0 Å². The molecule has 154 valence electrons. The molecule has 0 aliphatic heterocycles. The van der Waals surface area contributed by atoms with Crippen molar-refractivity contribution in [2.24, 2.45) is 0 Å². The highest BCUT2D eigenvalue weighted by molar-refractivity contribution is 5.91. The van der Waals surface area contributed by atoms with Crippen LogP contribution < -0.4 is 0 Å². The Morgan fingerprint density at radius 3 is 1.93 bits per heavy atom. The SMILES string of the molecule is CCCCCCCCCCOC(=O)c1cccc(C(F)(F)F)c1C(F)(F)F. The van der Waals surface area contributed by atoms with Gasteiger partial charge in [-0.15, -0.1) is 0 Å². The van der Waals surface area contributed by atoms with Gasteiger partial charge in [-0.25, -0.2) is 4.79 Å². The Bertz CT molecular complexity index is 593. The van der Waals surface area contributed by atoms with E-state index in [0.29, 0.717) is 18.6 Å². The van der Waals surface area contributed by atoms with E-state index >= 15 is 0 Å². The molecule has 0 radical (unpaired) electrons. The van der Waals surface area contributed by atoms with Gasteiger partial charge in [0.25, 0.3) is 0 Å². The van der Waals surface area contributed by atoms with Crippen molar-refractivity contribution in [1.82, 2.24) is 0 Å². The van der Waals surface area contributed by atoms with Gasteiger partial charge >= 0.3 is 18.3 Å². The van der Waals surface area contributed by atoms with E-state index < -0.39 is 35.0 Å². The average Bonchev–Trinajstić information content (AvgIpc) is 2.58. The standard InChI is InChI=1S/C19H24F6O2/c1-2-3-4-5-6-7-8-9-13-27-17(26)14-11-10-12-15(18(20,21)22)16(14)19(23,24)25/h10-12H,2-9,13H2,1H3. The second kappa shape index (κ2) is 10.6. The number of carbonyl (C=O) groups is 1. The van der Waals surface area contributed by atoms with Crippen LogP contribution in [0.3, 0.4) is 0 Å². The molecule has 0 fully saturated rings. The monoisotopic (exact) mass is 398 g/mol. The third-order valence-electron chi connectivity index (χ3n) is 4.10. The predicted molar refractivity (Wildman–Crippen MR) is 89.3 cm³/mol. The first kappa shape index (κ1) is 23.3. The maximum atomic E-state index is 13.1. The summed E-state index contributed by atoms with van der Waals surface area (Å²) in [5, 5.41) is 0. The first-order chi connectivity index (χ1) is 12.6. The van der Waals surface area contributed by atoms with E-state index in [9.17, 15) is 31.1 Å². The summed E-state index contributed by atoms with van der Waals surface area (Å²) in [4.78, 5) is 11.9. The zero-order valence-electron chi connectivity index (χ0n) is 15.2. The quantitative estimate of drug-likeness (QED) is 0.240. The van der Waals surface area contributed by atoms with E-state index in [1.807, 2.05) is 0 Å². The van der Waals surface area contributed by atoms with Gasteiger partial charge in [0.1, 0.15) is 0 Å². The fourth-order valence-corrected chi connectivity index (χ4v) is 2.74. The fourth-order valence-electron chi connectivity index (χ4n) is 2.74. The second-order valence-electron chi connectivity index (χ2n) is 6.33. The van der Waals surface area contributed by atoms with Gasteiger partial charge in [-0.05, 0) is 18.6 Å². The lowest BCUT2D eigenvalue weighted by molar-refractivity contribution is -0.162. The molecule has 1 rings (SSSR count). The van der Waals surface area contributed by atoms with Crippen molar-refractivity contribution in [3.05, 3.63) is 34.9 Å². The first-order valence-corrected chi connectivity index (χ1v) is 9.03. The number of hydrogen-bond acceptors (Lipinski definition) is 2. The number of unbranched alkanes of at least 4 members (excludes halogenated alkanes) is 7. The van der Waals surface area contributed by atoms with Gasteiger partial charge < -0.3 is 4.74 Å². The van der Waals surface area contributed by atoms with E-state index in [1.165, 1.54) is 6.42 Å². The topological polar surface area (TPSA) is 26.3 Å². The van der Waals surface area contributed by atoms with Gasteiger partial charge in [-0.3, -0.25) is 0 Å². The van der Waals surface area contributed by atoms with E-state index in [4.69, 9.17) is 4.74 Å². The fraction of sp³-hybridized carbons (Fsp3) is 0.632. The number of hydrogen-bond donors (Lipinski definition) is 0. The van der Waals surface area contributed by atoms with Crippen LogP contribution in [0.25, 0.3) is 0 Å². The van der Waals surface area contributed by atoms with E-state index in [2.05, 4.69) is 6.92 Å². The molecule has 0 heterocycles. The highest BCUT2D eigenvalue weighted by Gasteiger charge is 2.46. The largest absolute Gasteiger partial charge is 0.462 e. The lowest BCUT2D eigenvalue weighted by atomic mass is 10.00. The second-order valence-corrected chi connectivity index (χ2v) is 6.33. The summed E-state index contributed by atoms with van der Waals surface area (Å²) in [6, 6.07) is 1.78. The molecule has 0 N–H and O–H groups in total. The lowest BCUT2D eigenvalue weighted by Crippen LogP contribution is -2.22. The molecule has 0 amide bonds. The van der Waals surface area contributed by atoms with Gasteiger partial charge in [-0.1, -0.05) is 57.9 Å². The van der Waals surface area contributed by atoms with E-state index in [-0.39, 0.29) is 6.61 Å². The Balaban J connectivity index is 2.63. The van der Waals surface area contributed by atoms with Gasteiger partial charge in [-0.2, -0.15) is 26.3 Å². The summed E-state index contributed by atoms with van der Waals surface area (Å²) in [5.74, 6) is -1.39. The summed E-state index contributed by atoms with van der Waals surface area (Å²) in [5.41, 5.74) is -5.01. The molecule has 0 atom stereocenters. The molecule has 0 bridgehead atoms. The number of alkyl halides is 6. The van der Waals surface area contributed by atoms with Crippen LogP contribution in [0, 0.1) is 0 Å². The van der Waals surface area contributed by atoms with Crippen LogP contribution >= 0.6 is 0 Å². The molecule has 0 aliphatic carbocycles. The van der Waals surface area contributed by atoms with Gasteiger partial charge in [0, 0.05) is 0 Å². The van der Waals surface area contributed by atoms with Crippen molar-refractivity contribution >= 4 is 5.97 Å². The number of rotatable bonds is 10. The summed E-state index contributed by atoms with van der Waals surface area (Å²) in [6.07, 6.45) is -2.82. The third-order valence-corrected chi connectivity index (χ3v) is 4.10. The van der Waals surface area contributed by atoms with Crippen molar-refractivity contribution in [1.29, 1.82) is 0 Å². The van der Waals surface area contributed by atoms with Crippen LogP contribution in [-0.4, -0.2) is 12.6 Å². The minimum Gasteiger partial charge on any atom is -0.462 e. The Kier molecular flexibility index (Phi) is 9.12. The molecule has 1 aromatic carbocycles. The van der Waals surface area contributed by atoms with Crippen LogP contribution in [0.5, 0.6) is 0 Å². The summed E-state index contributed by atoms with van der Waals surface area (Å²) in [6.45, 7) is 1.99. The van der Waals surface area contributed by atoms with Gasteiger partial charge in [0.05, 0.1) is 23.3 Å². The number of ether oxygens (including phenoxy) is 1. The molecule has 0 saturated carbocycles. The molecule has 0 spiro atoms. The molecule has 0 saturated heterocycles. The van der Waals surface area contributed by atoms with E-state index in [0.717, 1.165) is 44.6 Å². The lowest BCUT2D eigenvalue weighted by Gasteiger charge is -2.18. The smallest absolute Gasteiger partial charge is 0.417 e. The Labute approximate surface area is 154 Å². The van der Waals surface area contributed by atoms with Crippen molar-refractivity contribution in [2.45, 2.75) is 70.6 Å². The Morgan fingerprint density at radius 1 is 0.852 bits per heavy atom.